The van der Waals surface area contributed by atoms with Crippen molar-refractivity contribution in [2.45, 2.75) is 39.0 Å². The first-order valence-corrected chi connectivity index (χ1v) is 13.9. The number of fused-ring (bicyclic) bond motifs is 1. The molecule has 4 rings (SSSR count). The van der Waals surface area contributed by atoms with Gasteiger partial charge in [-0.05, 0) is 68.5 Å². The number of ether oxygens (including phenoxy) is 1. The number of aromatic nitrogens is 1. The molecule has 0 bridgehead atoms. The van der Waals surface area contributed by atoms with Crippen LogP contribution in [0.2, 0.25) is 0 Å². The Morgan fingerprint density at radius 3 is 2.35 bits per heavy atom. The van der Waals surface area contributed by atoms with Crippen molar-refractivity contribution in [3.05, 3.63) is 48.0 Å². The van der Waals surface area contributed by atoms with E-state index >= 15 is 0 Å². The van der Waals surface area contributed by atoms with Crippen molar-refractivity contribution in [1.82, 2.24) is 9.29 Å². The molecule has 1 saturated heterocycles. The second-order valence-corrected chi connectivity index (χ2v) is 11.9. The van der Waals surface area contributed by atoms with Crippen molar-refractivity contribution in [2.75, 3.05) is 31.1 Å². The van der Waals surface area contributed by atoms with Gasteiger partial charge in [0, 0.05) is 32.2 Å². The van der Waals surface area contributed by atoms with Gasteiger partial charge >= 0.3 is 5.97 Å². The predicted molar refractivity (Wildman–Crippen MR) is 136 cm³/mol. The van der Waals surface area contributed by atoms with E-state index < -0.39 is 16.0 Å². The van der Waals surface area contributed by atoms with Gasteiger partial charge in [-0.15, -0.1) is 0 Å². The topological polar surface area (TPSA) is 79.8 Å². The largest absolute Gasteiger partial charge is 0.423 e. The van der Waals surface area contributed by atoms with Crippen molar-refractivity contribution in [3.63, 3.8) is 0 Å². The van der Waals surface area contributed by atoms with Crippen LogP contribution in [0.25, 0.3) is 10.2 Å². The number of benzene rings is 2. The lowest BCUT2D eigenvalue weighted by Gasteiger charge is -2.34. The van der Waals surface area contributed by atoms with E-state index in [0.29, 0.717) is 36.2 Å². The van der Waals surface area contributed by atoms with E-state index in [0.717, 1.165) is 34.9 Å². The van der Waals surface area contributed by atoms with Crippen LogP contribution in [0.3, 0.4) is 0 Å². The molecule has 1 fully saturated rings. The van der Waals surface area contributed by atoms with Crippen LogP contribution in [-0.2, 0) is 10.0 Å². The van der Waals surface area contributed by atoms with Gasteiger partial charge in [0.05, 0.1) is 20.7 Å². The maximum atomic E-state index is 13.1. The highest BCUT2D eigenvalue weighted by atomic mass is 32.2. The normalized spacial score (nSPS) is 19.3. The number of esters is 1. The zero-order valence-electron chi connectivity index (χ0n) is 20.0. The minimum absolute atomic E-state index is 0.195. The lowest BCUT2D eigenvalue weighted by Crippen LogP contribution is -2.42. The van der Waals surface area contributed by atoms with E-state index in [1.807, 2.05) is 12.1 Å². The Morgan fingerprint density at radius 2 is 1.74 bits per heavy atom. The summed E-state index contributed by atoms with van der Waals surface area (Å²) in [6.07, 6.45) is 1.03. The number of piperidine rings is 1. The average molecular weight is 502 g/mol. The van der Waals surface area contributed by atoms with Crippen LogP contribution in [0, 0.1) is 11.8 Å². The van der Waals surface area contributed by atoms with Crippen LogP contribution >= 0.6 is 11.3 Å². The first kappa shape index (κ1) is 24.6. The second kappa shape index (κ2) is 10.0. The van der Waals surface area contributed by atoms with Crippen LogP contribution in [0.5, 0.6) is 5.75 Å². The number of carbonyl (C=O) groups is 1. The highest BCUT2D eigenvalue weighted by Gasteiger charge is 2.31. The Balaban J connectivity index is 1.48. The Hall–Kier alpha value is -2.49. The predicted octanol–water partition coefficient (Wildman–Crippen LogP) is 5.03. The van der Waals surface area contributed by atoms with E-state index in [2.05, 4.69) is 37.6 Å². The fourth-order valence-corrected chi connectivity index (χ4v) is 7.27. The maximum absolute atomic E-state index is 13.1. The summed E-state index contributed by atoms with van der Waals surface area (Å²) in [7, 11) is -3.59. The molecule has 9 heteroatoms. The quantitative estimate of drug-likeness (QED) is 0.334. The molecule has 0 radical (unpaired) electrons. The molecule has 7 nitrogen and oxygen atoms in total. The number of hydrogen-bond donors (Lipinski definition) is 0. The van der Waals surface area contributed by atoms with Gasteiger partial charge in [0.25, 0.3) is 0 Å². The van der Waals surface area contributed by atoms with Crippen molar-refractivity contribution in [3.8, 4) is 5.75 Å². The number of anilines is 1. The molecule has 1 aromatic heterocycles. The highest BCUT2D eigenvalue weighted by molar-refractivity contribution is 7.89. The SMILES string of the molecule is CCN(CC)c1nc2ccc(OC(=O)c3ccc(S(=O)(=O)N4CC(C)CC(C)C4)cc3)cc2s1. The summed E-state index contributed by atoms with van der Waals surface area (Å²) in [5.74, 6) is 0.552. The Morgan fingerprint density at radius 1 is 1.09 bits per heavy atom. The van der Waals surface area contributed by atoms with E-state index in [4.69, 9.17) is 4.74 Å². The molecule has 0 spiro atoms. The van der Waals surface area contributed by atoms with Crippen molar-refractivity contribution in [2.24, 2.45) is 11.8 Å². The van der Waals surface area contributed by atoms with Gasteiger partial charge in [0.2, 0.25) is 10.0 Å². The molecule has 0 aliphatic carbocycles. The van der Waals surface area contributed by atoms with Gasteiger partial charge in [0.1, 0.15) is 5.75 Å². The zero-order chi connectivity index (χ0) is 24.5. The van der Waals surface area contributed by atoms with Gasteiger partial charge in [-0.3, -0.25) is 0 Å². The third-order valence-corrected chi connectivity index (χ3v) is 9.08. The Kier molecular flexibility index (Phi) is 7.25. The summed E-state index contributed by atoms with van der Waals surface area (Å²) in [6, 6.07) is 11.4. The summed E-state index contributed by atoms with van der Waals surface area (Å²) in [6.45, 7) is 11.1. The molecule has 2 aromatic carbocycles. The lowest BCUT2D eigenvalue weighted by atomic mass is 9.94. The molecule has 2 heterocycles. The Labute approximate surface area is 205 Å². The van der Waals surface area contributed by atoms with Crippen LogP contribution < -0.4 is 9.64 Å². The van der Waals surface area contributed by atoms with E-state index in [-0.39, 0.29) is 4.90 Å². The van der Waals surface area contributed by atoms with Crippen LogP contribution in [-0.4, -0.2) is 49.9 Å². The summed E-state index contributed by atoms with van der Waals surface area (Å²) in [5.41, 5.74) is 1.16. The molecular weight excluding hydrogens is 470 g/mol. The number of rotatable bonds is 7. The molecule has 0 N–H and O–H groups in total. The summed E-state index contributed by atoms with van der Waals surface area (Å²) in [4.78, 5) is 19.7. The molecule has 34 heavy (non-hydrogen) atoms. The first-order valence-electron chi connectivity index (χ1n) is 11.7. The van der Waals surface area contributed by atoms with Gasteiger partial charge in [-0.25, -0.2) is 18.2 Å². The number of nitrogens with zero attached hydrogens (tertiary/aromatic N) is 3. The summed E-state index contributed by atoms with van der Waals surface area (Å²) < 4.78 is 34.2. The smallest absolute Gasteiger partial charge is 0.343 e. The number of carbonyl (C=O) groups excluding carboxylic acids is 1. The number of hydrogen-bond acceptors (Lipinski definition) is 7. The molecule has 1 aliphatic rings. The number of thiazole rings is 1. The highest BCUT2D eigenvalue weighted by Crippen LogP contribution is 2.32. The fraction of sp³-hybridized carbons (Fsp3) is 0.440. The van der Waals surface area contributed by atoms with Crippen molar-refractivity contribution in [1.29, 1.82) is 0 Å². The second-order valence-electron chi connectivity index (χ2n) is 8.98. The molecule has 0 amide bonds. The Bertz CT molecular complexity index is 1260. The molecular formula is C25H31N3O4S2. The zero-order valence-corrected chi connectivity index (χ0v) is 21.7. The van der Waals surface area contributed by atoms with E-state index in [1.165, 1.54) is 24.3 Å². The van der Waals surface area contributed by atoms with Crippen molar-refractivity contribution < 1.29 is 17.9 Å². The maximum Gasteiger partial charge on any atom is 0.343 e. The lowest BCUT2D eigenvalue weighted by molar-refractivity contribution is 0.0735. The summed E-state index contributed by atoms with van der Waals surface area (Å²) >= 11 is 1.56. The van der Waals surface area contributed by atoms with Crippen LogP contribution in [0.1, 0.15) is 44.5 Å². The molecule has 3 aromatic rings. The third-order valence-electron chi connectivity index (χ3n) is 6.16. The van der Waals surface area contributed by atoms with Crippen LogP contribution in [0.15, 0.2) is 47.4 Å². The third kappa shape index (κ3) is 5.11. The molecule has 0 saturated carbocycles. The first-order chi connectivity index (χ1) is 16.2. The number of sulfonamides is 1. The van der Waals surface area contributed by atoms with Gasteiger partial charge in [0.15, 0.2) is 5.13 Å². The summed E-state index contributed by atoms with van der Waals surface area (Å²) in [5, 5.41) is 0.942. The minimum Gasteiger partial charge on any atom is -0.423 e. The van der Waals surface area contributed by atoms with Crippen molar-refractivity contribution >= 4 is 42.7 Å². The average Bonchev–Trinajstić information content (AvgIpc) is 3.22. The minimum atomic E-state index is -3.59. The fourth-order valence-electron chi connectivity index (χ4n) is 4.47. The molecule has 182 valence electrons. The van der Waals surface area contributed by atoms with E-state index in [1.54, 1.807) is 21.7 Å². The monoisotopic (exact) mass is 501 g/mol. The standard InChI is InChI=1S/C25H31N3O4S2/c1-5-27(6-2)25-26-22-12-9-20(14-23(22)33-25)32-24(29)19-7-10-21(11-8-19)34(30,31)28-15-17(3)13-18(4)16-28/h7-12,14,17-18H,5-6,13,15-16H2,1-4H3. The molecule has 2 atom stereocenters. The van der Waals surface area contributed by atoms with Crippen LogP contribution in [0.4, 0.5) is 5.13 Å². The van der Waals surface area contributed by atoms with Gasteiger partial charge in [-0.1, -0.05) is 25.2 Å². The molecule has 2 unspecified atom stereocenters. The van der Waals surface area contributed by atoms with Gasteiger partial charge in [-0.2, -0.15) is 4.31 Å². The van der Waals surface area contributed by atoms with E-state index in [9.17, 15) is 13.2 Å². The van der Waals surface area contributed by atoms with Gasteiger partial charge < -0.3 is 9.64 Å². The molecule has 1 aliphatic heterocycles.